The van der Waals surface area contributed by atoms with Crippen molar-refractivity contribution in [3.05, 3.63) is 12.7 Å². The number of nitrogens with one attached hydrogen (secondary N) is 1. The van der Waals surface area contributed by atoms with Crippen LogP contribution in [-0.4, -0.2) is 36.3 Å². The van der Waals surface area contributed by atoms with Gasteiger partial charge in [0.1, 0.15) is 12.7 Å². The van der Waals surface area contributed by atoms with Crippen LogP contribution in [0.4, 0.5) is 11.9 Å². The first-order valence-electron chi connectivity index (χ1n) is 6.33. The van der Waals surface area contributed by atoms with Crippen molar-refractivity contribution in [2.45, 2.75) is 19.8 Å². The Morgan fingerprint density at radius 3 is 2.95 bits per heavy atom. The molecule has 0 amide bonds. The molecule has 1 atom stereocenters. The van der Waals surface area contributed by atoms with Crippen LogP contribution >= 0.6 is 0 Å². The first kappa shape index (κ1) is 11.8. The summed E-state index contributed by atoms with van der Waals surface area (Å²) in [6.07, 6.45) is 5.59. The highest BCUT2D eigenvalue weighted by atomic mass is 15.4. The van der Waals surface area contributed by atoms with Crippen molar-refractivity contribution >= 4 is 11.9 Å². The largest absolute Gasteiger partial charge is 0.368 e. The Labute approximate surface area is 110 Å². The maximum Gasteiger partial charge on any atom is 0.258 e. The zero-order valence-corrected chi connectivity index (χ0v) is 10.7. The van der Waals surface area contributed by atoms with Gasteiger partial charge in [0.25, 0.3) is 5.95 Å². The zero-order valence-electron chi connectivity index (χ0n) is 10.7. The van der Waals surface area contributed by atoms with Gasteiger partial charge in [0, 0.05) is 6.54 Å². The molecule has 0 bridgehead atoms. The number of rotatable bonds is 5. The number of nitrogens with two attached hydrogens (primary N) is 1. The van der Waals surface area contributed by atoms with E-state index in [9.17, 15) is 0 Å². The topological polar surface area (TPSA) is 107 Å². The summed E-state index contributed by atoms with van der Waals surface area (Å²) in [5.41, 5.74) is 5.68. The van der Waals surface area contributed by atoms with Gasteiger partial charge in [0.2, 0.25) is 11.9 Å². The van der Waals surface area contributed by atoms with Crippen LogP contribution in [0.25, 0.3) is 5.95 Å². The smallest absolute Gasteiger partial charge is 0.258 e. The van der Waals surface area contributed by atoms with Gasteiger partial charge in [-0.2, -0.15) is 24.7 Å². The Kier molecular flexibility index (Phi) is 2.98. The molecule has 2 aromatic rings. The minimum Gasteiger partial charge on any atom is -0.368 e. The third kappa shape index (κ3) is 2.78. The van der Waals surface area contributed by atoms with E-state index < -0.39 is 0 Å². The van der Waals surface area contributed by atoms with Gasteiger partial charge in [0.05, 0.1) is 0 Å². The molecule has 100 valence electrons. The van der Waals surface area contributed by atoms with Gasteiger partial charge in [-0.15, -0.1) is 0 Å². The lowest BCUT2D eigenvalue weighted by molar-refractivity contribution is 0.535. The Morgan fingerprint density at radius 1 is 1.42 bits per heavy atom. The lowest BCUT2D eigenvalue weighted by Gasteiger charge is -2.11. The number of nitrogen functional groups attached to an aromatic ring is 1. The van der Waals surface area contributed by atoms with Crippen LogP contribution in [0.2, 0.25) is 0 Å². The average Bonchev–Trinajstić information content (AvgIpc) is 3.10. The second kappa shape index (κ2) is 4.79. The Bertz CT molecular complexity index is 548. The molecule has 3 N–H and O–H groups in total. The number of hydrogen-bond donors (Lipinski definition) is 2. The summed E-state index contributed by atoms with van der Waals surface area (Å²) < 4.78 is 1.45. The molecular formula is C11H16N8. The van der Waals surface area contributed by atoms with Crippen LogP contribution in [0, 0.1) is 11.8 Å². The maximum atomic E-state index is 5.68. The van der Waals surface area contributed by atoms with Crippen LogP contribution in [0.15, 0.2) is 12.7 Å². The number of nitrogens with zero attached hydrogens (tertiary/aromatic N) is 6. The average molecular weight is 260 g/mol. The highest BCUT2D eigenvalue weighted by Crippen LogP contribution is 2.36. The molecule has 0 radical (unpaired) electrons. The van der Waals surface area contributed by atoms with Gasteiger partial charge < -0.3 is 11.1 Å². The summed E-state index contributed by atoms with van der Waals surface area (Å²) in [7, 11) is 0. The van der Waals surface area contributed by atoms with Crippen LogP contribution in [0.1, 0.15) is 19.8 Å². The van der Waals surface area contributed by atoms with Crippen molar-refractivity contribution in [3.63, 3.8) is 0 Å². The molecule has 3 rings (SSSR count). The summed E-state index contributed by atoms with van der Waals surface area (Å²) in [4.78, 5) is 16.2. The molecule has 0 spiro atoms. The molecule has 2 aromatic heterocycles. The zero-order chi connectivity index (χ0) is 13.2. The van der Waals surface area contributed by atoms with Crippen molar-refractivity contribution in [2.24, 2.45) is 11.8 Å². The Balaban J connectivity index is 1.74. The lowest BCUT2D eigenvalue weighted by atomic mass is 10.1. The van der Waals surface area contributed by atoms with Crippen LogP contribution < -0.4 is 11.1 Å². The molecule has 19 heavy (non-hydrogen) atoms. The van der Waals surface area contributed by atoms with Gasteiger partial charge in [0.15, 0.2) is 0 Å². The van der Waals surface area contributed by atoms with E-state index in [4.69, 9.17) is 5.73 Å². The van der Waals surface area contributed by atoms with E-state index in [0.717, 1.165) is 12.5 Å². The Hall–Kier alpha value is -2.25. The van der Waals surface area contributed by atoms with E-state index >= 15 is 0 Å². The van der Waals surface area contributed by atoms with Crippen molar-refractivity contribution in [1.82, 2.24) is 29.7 Å². The summed E-state index contributed by atoms with van der Waals surface area (Å²) >= 11 is 0. The summed E-state index contributed by atoms with van der Waals surface area (Å²) in [5.74, 6) is 2.47. The predicted molar refractivity (Wildman–Crippen MR) is 69.5 cm³/mol. The molecule has 1 unspecified atom stereocenters. The maximum absolute atomic E-state index is 5.68. The molecule has 0 aromatic carbocycles. The first-order chi connectivity index (χ1) is 9.22. The van der Waals surface area contributed by atoms with Gasteiger partial charge in [-0.1, -0.05) is 6.92 Å². The fourth-order valence-electron chi connectivity index (χ4n) is 1.96. The predicted octanol–water partition coefficient (Wildman–Crippen LogP) is 0.492. The fourth-order valence-corrected chi connectivity index (χ4v) is 1.96. The molecule has 0 saturated heterocycles. The van der Waals surface area contributed by atoms with Crippen LogP contribution in [0.5, 0.6) is 0 Å². The molecule has 1 aliphatic rings. The molecule has 1 aliphatic carbocycles. The molecular weight excluding hydrogens is 244 g/mol. The second-order valence-corrected chi connectivity index (χ2v) is 4.85. The van der Waals surface area contributed by atoms with Gasteiger partial charge in [-0.25, -0.2) is 4.98 Å². The first-order valence-corrected chi connectivity index (χ1v) is 6.33. The molecule has 8 heteroatoms. The molecule has 1 fully saturated rings. The second-order valence-electron chi connectivity index (χ2n) is 4.85. The standard InChI is InChI=1S/C11H16N8/c1-7(8-2-3-8)4-14-10-16-9(12)17-11(18-10)19-6-13-5-15-19/h5-8H,2-4H2,1H3,(H3,12,14,16,17,18). The summed E-state index contributed by atoms with van der Waals surface area (Å²) in [5, 5.41) is 7.18. The monoisotopic (exact) mass is 260 g/mol. The van der Waals surface area contributed by atoms with E-state index in [0.29, 0.717) is 17.8 Å². The van der Waals surface area contributed by atoms with E-state index in [-0.39, 0.29) is 5.95 Å². The normalized spacial score (nSPS) is 16.3. The molecule has 1 saturated carbocycles. The van der Waals surface area contributed by atoms with Crippen LogP contribution in [-0.2, 0) is 0 Å². The van der Waals surface area contributed by atoms with Crippen molar-refractivity contribution < 1.29 is 0 Å². The number of anilines is 2. The van der Waals surface area contributed by atoms with E-state index in [2.05, 4.69) is 37.3 Å². The summed E-state index contributed by atoms with van der Waals surface area (Å²) in [6.45, 7) is 3.07. The Morgan fingerprint density at radius 2 is 2.26 bits per heavy atom. The van der Waals surface area contributed by atoms with E-state index in [1.165, 1.54) is 30.2 Å². The number of hydrogen-bond acceptors (Lipinski definition) is 7. The van der Waals surface area contributed by atoms with Crippen molar-refractivity contribution in [3.8, 4) is 5.95 Å². The third-order valence-corrected chi connectivity index (χ3v) is 3.27. The van der Waals surface area contributed by atoms with E-state index in [1.807, 2.05) is 0 Å². The highest BCUT2D eigenvalue weighted by molar-refractivity contribution is 5.34. The molecule has 0 aliphatic heterocycles. The van der Waals surface area contributed by atoms with Crippen LogP contribution in [0.3, 0.4) is 0 Å². The third-order valence-electron chi connectivity index (χ3n) is 3.27. The minimum atomic E-state index is 0.169. The SMILES string of the molecule is CC(CNc1nc(N)nc(-n2cncn2)n1)C1CC1. The fraction of sp³-hybridized carbons (Fsp3) is 0.545. The molecule has 8 nitrogen and oxygen atoms in total. The minimum absolute atomic E-state index is 0.169. The van der Waals surface area contributed by atoms with Gasteiger partial charge >= 0.3 is 0 Å². The van der Waals surface area contributed by atoms with Crippen molar-refractivity contribution in [2.75, 3.05) is 17.6 Å². The van der Waals surface area contributed by atoms with Crippen molar-refractivity contribution in [1.29, 1.82) is 0 Å². The highest BCUT2D eigenvalue weighted by Gasteiger charge is 2.27. The quantitative estimate of drug-likeness (QED) is 0.805. The lowest BCUT2D eigenvalue weighted by Crippen LogP contribution is -2.17. The van der Waals surface area contributed by atoms with Gasteiger partial charge in [-0.05, 0) is 24.7 Å². The number of aromatic nitrogens is 6. The van der Waals surface area contributed by atoms with Gasteiger partial charge in [-0.3, -0.25) is 0 Å². The molecule has 2 heterocycles. The van der Waals surface area contributed by atoms with E-state index in [1.54, 1.807) is 0 Å². The summed E-state index contributed by atoms with van der Waals surface area (Å²) in [6, 6.07) is 0.